The van der Waals surface area contributed by atoms with Gasteiger partial charge >= 0.3 is 6.18 Å². The first kappa shape index (κ1) is 23.9. The fourth-order valence-corrected chi connectivity index (χ4v) is 4.64. The van der Waals surface area contributed by atoms with E-state index in [1.54, 1.807) is 18.2 Å². The van der Waals surface area contributed by atoms with Gasteiger partial charge in [-0.15, -0.1) is 0 Å². The van der Waals surface area contributed by atoms with Gasteiger partial charge in [0.25, 0.3) is 0 Å². The van der Waals surface area contributed by atoms with E-state index in [4.69, 9.17) is 34.8 Å². The van der Waals surface area contributed by atoms with Gasteiger partial charge in [0.2, 0.25) is 5.91 Å². The number of carbonyl (C=O) groups excluding carboxylic acids is 1. The first-order chi connectivity index (χ1) is 15.6. The monoisotopic (exact) mass is 519 g/mol. The lowest BCUT2D eigenvalue weighted by molar-refractivity contribution is -0.142. The number of fused-ring (bicyclic) bond motifs is 1. The van der Waals surface area contributed by atoms with Crippen LogP contribution in [-0.4, -0.2) is 25.5 Å². The summed E-state index contributed by atoms with van der Waals surface area (Å²) in [5, 5.41) is 11.6. The van der Waals surface area contributed by atoms with Crippen molar-refractivity contribution in [2.24, 2.45) is 0 Å². The molecule has 1 aliphatic rings. The van der Waals surface area contributed by atoms with Gasteiger partial charge in [-0.1, -0.05) is 47.3 Å². The standard InChI is InChI=1S/C21H19Cl3F3N5O/c22-14-6-4-7-15(23)13(14)9-31-10-16(24)20(30-31)28-18(33)11-32-17-8-3-1-2-5-12(17)19(29-32)21(25,26)27/h4,6-7,10H,1-3,5,8-9,11H2,(H,28,30,33). The molecule has 0 spiro atoms. The van der Waals surface area contributed by atoms with Crippen LogP contribution in [0.25, 0.3) is 0 Å². The summed E-state index contributed by atoms with van der Waals surface area (Å²) in [6.45, 7) is -0.159. The van der Waals surface area contributed by atoms with E-state index in [0.29, 0.717) is 40.6 Å². The minimum atomic E-state index is -4.57. The first-order valence-electron chi connectivity index (χ1n) is 10.2. The number of amides is 1. The van der Waals surface area contributed by atoms with Crippen LogP contribution in [0.3, 0.4) is 0 Å². The molecule has 33 heavy (non-hydrogen) atoms. The topological polar surface area (TPSA) is 64.7 Å². The quantitative estimate of drug-likeness (QED) is 0.419. The average Bonchev–Trinajstić information content (AvgIpc) is 3.13. The van der Waals surface area contributed by atoms with Gasteiger partial charge in [-0.3, -0.25) is 14.2 Å². The highest BCUT2D eigenvalue weighted by atomic mass is 35.5. The van der Waals surface area contributed by atoms with E-state index in [1.807, 2.05) is 0 Å². The molecule has 1 aliphatic carbocycles. The van der Waals surface area contributed by atoms with Crippen molar-refractivity contribution in [1.82, 2.24) is 19.6 Å². The zero-order chi connectivity index (χ0) is 23.8. The Morgan fingerprint density at radius 3 is 2.42 bits per heavy atom. The molecular formula is C21H19Cl3F3N5O. The van der Waals surface area contributed by atoms with Gasteiger partial charge in [-0.05, 0) is 37.8 Å². The van der Waals surface area contributed by atoms with Crippen LogP contribution in [0.15, 0.2) is 24.4 Å². The zero-order valence-electron chi connectivity index (χ0n) is 17.2. The number of rotatable bonds is 5. The Morgan fingerprint density at radius 1 is 1.03 bits per heavy atom. The summed E-state index contributed by atoms with van der Waals surface area (Å²) in [6.07, 6.45) is -0.0847. The van der Waals surface area contributed by atoms with Gasteiger partial charge in [0, 0.05) is 33.1 Å². The number of hydrogen-bond donors (Lipinski definition) is 1. The van der Waals surface area contributed by atoms with Crippen molar-refractivity contribution in [1.29, 1.82) is 0 Å². The molecule has 2 heterocycles. The number of halogens is 6. The molecule has 0 bridgehead atoms. The highest BCUT2D eigenvalue weighted by Gasteiger charge is 2.39. The van der Waals surface area contributed by atoms with Gasteiger partial charge in [0.05, 0.1) is 6.54 Å². The minimum absolute atomic E-state index is 0.0825. The van der Waals surface area contributed by atoms with Crippen molar-refractivity contribution in [3.8, 4) is 0 Å². The second kappa shape index (κ2) is 9.56. The van der Waals surface area contributed by atoms with Crippen LogP contribution in [0.2, 0.25) is 15.1 Å². The second-order valence-corrected chi connectivity index (χ2v) is 8.98. The summed E-state index contributed by atoms with van der Waals surface area (Å²) >= 11 is 18.6. The number of benzene rings is 1. The predicted octanol–water partition coefficient (Wildman–Crippen LogP) is 6.01. The molecular weight excluding hydrogens is 502 g/mol. The molecule has 0 aliphatic heterocycles. The van der Waals surface area contributed by atoms with Gasteiger partial charge < -0.3 is 5.32 Å². The largest absolute Gasteiger partial charge is 0.435 e. The lowest BCUT2D eigenvalue weighted by Gasteiger charge is -2.08. The Morgan fingerprint density at radius 2 is 1.73 bits per heavy atom. The van der Waals surface area contributed by atoms with E-state index in [1.165, 1.54) is 10.9 Å². The molecule has 4 rings (SSSR count). The summed E-state index contributed by atoms with van der Waals surface area (Å²) in [6, 6.07) is 5.10. The van der Waals surface area contributed by atoms with Crippen molar-refractivity contribution in [2.75, 3.05) is 5.32 Å². The summed E-state index contributed by atoms with van der Waals surface area (Å²) in [5.41, 5.74) is 0.370. The molecule has 3 aromatic rings. The van der Waals surface area contributed by atoms with Crippen molar-refractivity contribution in [3.05, 3.63) is 62.0 Å². The van der Waals surface area contributed by atoms with E-state index in [0.717, 1.165) is 17.5 Å². The number of alkyl halides is 3. The van der Waals surface area contributed by atoms with Gasteiger partial charge in [-0.2, -0.15) is 23.4 Å². The molecule has 1 aromatic carbocycles. The molecule has 1 amide bonds. The summed E-state index contributed by atoms with van der Waals surface area (Å²) in [7, 11) is 0. The van der Waals surface area contributed by atoms with E-state index in [2.05, 4.69) is 15.5 Å². The Bertz CT molecular complexity index is 1170. The number of anilines is 1. The van der Waals surface area contributed by atoms with E-state index >= 15 is 0 Å². The highest BCUT2D eigenvalue weighted by molar-refractivity contribution is 6.36. The SMILES string of the molecule is O=C(Cn1nc(C(F)(F)F)c2c1CCCCC2)Nc1nn(Cc2c(Cl)cccc2Cl)cc1Cl. The van der Waals surface area contributed by atoms with Gasteiger partial charge in [0.1, 0.15) is 11.6 Å². The predicted molar refractivity (Wildman–Crippen MR) is 120 cm³/mol. The number of aromatic nitrogens is 4. The number of carbonyl (C=O) groups is 1. The molecule has 0 radical (unpaired) electrons. The van der Waals surface area contributed by atoms with Crippen LogP contribution in [-0.2, 0) is 36.9 Å². The maximum absolute atomic E-state index is 13.5. The molecule has 0 fully saturated rings. The van der Waals surface area contributed by atoms with Crippen LogP contribution >= 0.6 is 34.8 Å². The van der Waals surface area contributed by atoms with Crippen LogP contribution < -0.4 is 5.32 Å². The molecule has 12 heteroatoms. The molecule has 0 atom stereocenters. The summed E-state index contributed by atoms with van der Waals surface area (Å²) < 4.78 is 43.0. The van der Waals surface area contributed by atoms with E-state index in [9.17, 15) is 18.0 Å². The van der Waals surface area contributed by atoms with Crippen molar-refractivity contribution in [3.63, 3.8) is 0 Å². The number of hydrogen-bond acceptors (Lipinski definition) is 3. The smallest absolute Gasteiger partial charge is 0.306 e. The number of nitrogens with one attached hydrogen (secondary N) is 1. The zero-order valence-corrected chi connectivity index (χ0v) is 19.5. The van der Waals surface area contributed by atoms with Crippen LogP contribution in [0.1, 0.15) is 41.8 Å². The van der Waals surface area contributed by atoms with E-state index < -0.39 is 17.8 Å². The number of nitrogens with zero attached hydrogens (tertiary/aromatic N) is 4. The molecule has 2 aromatic heterocycles. The van der Waals surface area contributed by atoms with Crippen molar-refractivity contribution in [2.45, 2.75) is 51.4 Å². The van der Waals surface area contributed by atoms with Crippen LogP contribution in [0.5, 0.6) is 0 Å². The first-order valence-corrected chi connectivity index (χ1v) is 11.4. The maximum atomic E-state index is 13.5. The Hall–Kier alpha value is -2.23. The molecule has 176 valence electrons. The molecule has 6 nitrogen and oxygen atoms in total. The molecule has 0 unspecified atom stereocenters. The fourth-order valence-electron chi connectivity index (χ4n) is 3.92. The molecule has 0 saturated carbocycles. The normalized spacial score (nSPS) is 14.1. The lowest BCUT2D eigenvalue weighted by Crippen LogP contribution is -2.22. The minimum Gasteiger partial charge on any atom is -0.306 e. The second-order valence-electron chi connectivity index (χ2n) is 7.76. The average molecular weight is 521 g/mol. The van der Waals surface area contributed by atoms with Gasteiger partial charge in [-0.25, -0.2) is 0 Å². The molecule has 0 saturated heterocycles. The van der Waals surface area contributed by atoms with E-state index in [-0.39, 0.29) is 29.5 Å². The Balaban J connectivity index is 1.52. The van der Waals surface area contributed by atoms with Crippen molar-refractivity contribution < 1.29 is 18.0 Å². The summed E-state index contributed by atoms with van der Waals surface area (Å²) in [5.74, 6) is -0.500. The summed E-state index contributed by atoms with van der Waals surface area (Å²) in [4.78, 5) is 12.6. The van der Waals surface area contributed by atoms with Gasteiger partial charge in [0.15, 0.2) is 11.5 Å². The van der Waals surface area contributed by atoms with Crippen LogP contribution in [0.4, 0.5) is 19.0 Å². The maximum Gasteiger partial charge on any atom is 0.435 e. The third kappa shape index (κ3) is 5.31. The molecule has 1 N–H and O–H groups in total. The van der Waals surface area contributed by atoms with Crippen molar-refractivity contribution >= 4 is 46.5 Å². The highest BCUT2D eigenvalue weighted by Crippen LogP contribution is 2.35. The lowest BCUT2D eigenvalue weighted by atomic mass is 10.1. The Labute approximate surface area is 202 Å². The fraction of sp³-hybridized carbons (Fsp3) is 0.381. The Kier molecular flexibility index (Phi) is 6.93. The third-order valence-electron chi connectivity index (χ3n) is 5.43. The van der Waals surface area contributed by atoms with Crippen LogP contribution in [0, 0.1) is 0 Å². The third-order valence-corrected chi connectivity index (χ3v) is 6.41.